The summed E-state index contributed by atoms with van der Waals surface area (Å²) in [6, 6.07) is 15.9. The molecule has 0 aliphatic carbocycles. The second-order valence-electron chi connectivity index (χ2n) is 5.42. The highest BCUT2D eigenvalue weighted by Crippen LogP contribution is 2.28. The highest BCUT2D eigenvalue weighted by Gasteiger charge is 2.10. The molecule has 0 bridgehead atoms. The minimum Gasteiger partial charge on any atom is -0.459 e. The Morgan fingerprint density at radius 1 is 1.17 bits per heavy atom. The maximum atomic E-state index is 12.3. The smallest absolute Gasteiger partial charge is 0.255 e. The number of nitrogens with one attached hydrogen (secondary N) is 1. The average molecular weight is 342 g/mol. The number of hydrogen-bond donors (Lipinski definition) is 2. The number of aryl methyl sites for hydroxylation is 1. The van der Waals surface area contributed by atoms with Gasteiger partial charge in [-0.25, -0.2) is 0 Å². The third-order valence-corrected chi connectivity index (χ3v) is 3.89. The van der Waals surface area contributed by atoms with Crippen LogP contribution in [0.5, 0.6) is 0 Å². The van der Waals surface area contributed by atoms with Gasteiger partial charge in [0.05, 0.1) is 0 Å². The van der Waals surface area contributed by atoms with Crippen LogP contribution < -0.4 is 5.32 Å². The molecule has 0 saturated heterocycles. The maximum Gasteiger partial charge on any atom is 0.255 e. The number of carbonyl (C=O) groups is 1. The molecule has 0 unspecified atom stereocenters. The average Bonchev–Trinajstić information content (AvgIpc) is 3.04. The Bertz CT molecular complexity index is 886. The van der Waals surface area contributed by atoms with Crippen molar-refractivity contribution in [3.63, 3.8) is 0 Å². The first-order valence-electron chi connectivity index (χ1n) is 7.44. The highest BCUT2D eigenvalue weighted by molar-refractivity contribution is 6.31. The summed E-state index contributed by atoms with van der Waals surface area (Å²) in [4.78, 5) is 12.3. The quantitative estimate of drug-likeness (QED) is 0.725. The van der Waals surface area contributed by atoms with Crippen LogP contribution in [0, 0.1) is 6.92 Å². The first-order chi connectivity index (χ1) is 11.6. The summed E-state index contributed by atoms with van der Waals surface area (Å²) in [6.45, 7) is 1.80. The van der Waals surface area contributed by atoms with E-state index in [0.717, 1.165) is 11.1 Å². The molecule has 122 valence electrons. The predicted molar refractivity (Wildman–Crippen MR) is 94.2 cm³/mol. The highest BCUT2D eigenvalue weighted by atomic mass is 35.5. The van der Waals surface area contributed by atoms with Crippen LogP contribution in [0.3, 0.4) is 0 Å². The second-order valence-corrected chi connectivity index (χ2v) is 5.85. The summed E-state index contributed by atoms with van der Waals surface area (Å²) >= 11 is 5.91. The number of amides is 1. The number of benzene rings is 2. The summed E-state index contributed by atoms with van der Waals surface area (Å²) in [5, 5.41) is 12.5. The number of rotatable bonds is 4. The summed E-state index contributed by atoms with van der Waals surface area (Å²) in [5.41, 5.74) is 3.06. The number of aliphatic hydroxyl groups excluding tert-OH is 1. The zero-order valence-corrected chi connectivity index (χ0v) is 13.8. The largest absolute Gasteiger partial charge is 0.459 e. The molecule has 24 heavy (non-hydrogen) atoms. The molecule has 0 aliphatic heterocycles. The van der Waals surface area contributed by atoms with E-state index in [2.05, 4.69) is 5.32 Å². The van der Waals surface area contributed by atoms with Crippen molar-refractivity contribution in [3.05, 3.63) is 76.5 Å². The third-order valence-electron chi connectivity index (χ3n) is 3.65. The second kappa shape index (κ2) is 6.91. The van der Waals surface area contributed by atoms with Gasteiger partial charge in [0.25, 0.3) is 5.91 Å². The van der Waals surface area contributed by atoms with Crippen LogP contribution in [0.2, 0.25) is 5.02 Å². The summed E-state index contributed by atoms with van der Waals surface area (Å²) in [6.07, 6.45) is 0. The Morgan fingerprint density at radius 2 is 2.00 bits per heavy atom. The van der Waals surface area contributed by atoms with Crippen molar-refractivity contribution in [2.24, 2.45) is 0 Å². The zero-order valence-electron chi connectivity index (χ0n) is 13.0. The van der Waals surface area contributed by atoms with E-state index in [-0.39, 0.29) is 12.5 Å². The van der Waals surface area contributed by atoms with E-state index in [4.69, 9.17) is 21.1 Å². The van der Waals surface area contributed by atoms with Gasteiger partial charge in [0, 0.05) is 21.8 Å². The van der Waals surface area contributed by atoms with Crippen molar-refractivity contribution in [2.75, 3.05) is 5.32 Å². The molecule has 0 fully saturated rings. The molecule has 0 radical (unpaired) electrons. The Labute approximate surface area is 144 Å². The van der Waals surface area contributed by atoms with Gasteiger partial charge in [0.1, 0.15) is 18.1 Å². The van der Waals surface area contributed by atoms with Crippen molar-refractivity contribution in [2.45, 2.75) is 13.5 Å². The van der Waals surface area contributed by atoms with Gasteiger partial charge in [-0.15, -0.1) is 0 Å². The molecule has 2 N–H and O–H groups in total. The number of anilines is 1. The third kappa shape index (κ3) is 3.50. The standard InChI is InChI=1S/C19H16ClNO3/c1-12-9-15(21-19(23)13-3-2-4-14(20)10-13)5-7-17(12)18-8-6-16(11-22)24-18/h2-10,22H,11H2,1H3,(H,21,23). The predicted octanol–water partition coefficient (Wildman–Crippen LogP) is 4.65. The Hall–Kier alpha value is -2.56. The van der Waals surface area contributed by atoms with E-state index < -0.39 is 0 Å². The van der Waals surface area contributed by atoms with Crippen LogP contribution in [0.4, 0.5) is 5.69 Å². The van der Waals surface area contributed by atoms with E-state index in [0.29, 0.717) is 27.8 Å². The number of hydrogen-bond acceptors (Lipinski definition) is 3. The minimum absolute atomic E-state index is 0.132. The van der Waals surface area contributed by atoms with Crippen LogP contribution in [0.1, 0.15) is 21.7 Å². The number of halogens is 1. The molecule has 0 aliphatic rings. The molecule has 3 rings (SSSR count). The van der Waals surface area contributed by atoms with E-state index in [1.807, 2.05) is 31.2 Å². The van der Waals surface area contributed by atoms with Crippen molar-refractivity contribution in [3.8, 4) is 11.3 Å². The lowest BCUT2D eigenvalue weighted by molar-refractivity contribution is 0.102. The lowest BCUT2D eigenvalue weighted by Crippen LogP contribution is -2.11. The first kappa shape index (κ1) is 16.3. The van der Waals surface area contributed by atoms with Gasteiger partial charge in [0.15, 0.2) is 0 Å². The van der Waals surface area contributed by atoms with Crippen LogP contribution in [0.15, 0.2) is 59.0 Å². The molecule has 5 heteroatoms. The van der Waals surface area contributed by atoms with Gasteiger partial charge in [-0.3, -0.25) is 4.79 Å². The summed E-state index contributed by atoms with van der Waals surface area (Å²) in [7, 11) is 0. The van der Waals surface area contributed by atoms with Gasteiger partial charge in [0.2, 0.25) is 0 Å². The molecule has 2 aromatic carbocycles. The van der Waals surface area contributed by atoms with Gasteiger partial charge in [-0.1, -0.05) is 17.7 Å². The van der Waals surface area contributed by atoms with Crippen molar-refractivity contribution in [1.29, 1.82) is 0 Å². The Kier molecular flexibility index (Phi) is 4.69. The molecule has 0 saturated carbocycles. The Balaban J connectivity index is 1.80. The topological polar surface area (TPSA) is 62.5 Å². The fourth-order valence-corrected chi connectivity index (χ4v) is 2.65. The Morgan fingerprint density at radius 3 is 2.67 bits per heavy atom. The first-order valence-corrected chi connectivity index (χ1v) is 7.82. The van der Waals surface area contributed by atoms with Gasteiger partial charge >= 0.3 is 0 Å². The molecular formula is C19H16ClNO3. The molecular weight excluding hydrogens is 326 g/mol. The van der Waals surface area contributed by atoms with Crippen LogP contribution in [-0.4, -0.2) is 11.0 Å². The molecule has 1 aromatic heterocycles. The monoisotopic (exact) mass is 341 g/mol. The lowest BCUT2D eigenvalue weighted by atomic mass is 10.1. The fraction of sp³-hybridized carbons (Fsp3) is 0.105. The molecule has 0 spiro atoms. The van der Waals surface area contributed by atoms with Gasteiger partial charge in [-0.2, -0.15) is 0 Å². The number of furan rings is 1. The summed E-state index contributed by atoms with van der Waals surface area (Å²) < 4.78 is 5.55. The normalized spacial score (nSPS) is 10.6. The molecule has 4 nitrogen and oxygen atoms in total. The maximum absolute atomic E-state index is 12.3. The van der Waals surface area contributed by atoms with E-state index in [1.165, 1.54) is 0 Å². The van der Waals surface area contributed by atoms with E-state index in [1.54, 1.807) is 30.3 Å². The van der Waals surface area contributed by atoms with E-state index in [9.17, 15) is 4.79 Å². The molecule has 3 aromatic rings. The number of aliphatic hydroxyl groups is 1. The zero-order chi connectivity index (χ0) is 17.1. The molecule has 1 amide bonds. The number of carbonyl (C=O) groups excluding carboxylic acids is 1. The van der Waals surface area contributed by atoms with Gasteiger partial charge in [-0.05, 0) is 61.0 Å². The van der Waals surface area contributed by atoms with Crippen molar-refractivity contribution >= 4 is 23.2 Å². The summed E-state index contributed by atoms with van der Waals surface area (Å²) in [5.74, 6) is 0.984. The lowest BCUT2D eigenvalue weighted by Gasteiger charge is -2.09. The fourth-order valence-electron chi connectivity index (χ4n) is 2.46. The van der Waals surface area contributed by atoms with Gasteiger partial charge < -0.3 is 14.8 Å². The van der Waals surface area contributed by atoms with Crippen molar-refractivity contribution in [1.82, 2.24) is 0 Å². The van der Waals surface area contributed by atoms with Crippen LogP contribution in [-0.2, 0) is 6.61 Å². The molecule has 0 atom stereocenters. The van der Waals surface area contributed by atoms with Crippen LogP contribution in [0.25, 0.3) is 11.3 Å². The van der Waals surface area contributed by atoms with Crippen molar-refractivity contribution < 1.29 is 14.3 Å². The minimum atomic E-state index is -0.217. The molecule has 1 heterocycles. The van der Waals surface area contributed by atoms with E-state index >= 15 is 0 Å². The SMILES string of the molecule is Cc1cc(NC(=O)c2cccc(Cl)c2)ccc1-c1ccc(CO)o1. The van der Waals surface area contributed by atoms with Crippen LogP contribution >= 0.6 is 11.6 Å².